The van der Waals surface area contributed by atoms with E-state index < -0.39 is 16.0 Å². The van der Waals surface area contributed by atoms with E-state index in [2.05, 4.69) is 5.10 Å². The van der Waals surface area contributed by atoms with E-state index in [0.717, 1.165) is 10.9 Å². The first-order valence-corrected chi connectivity index (χ1v) is 7.64. The van der Waals surface area contributed by atoms with E-state index in [4.69, 9.17) is 9.52 Å². The Balaban J connectivity index is 2.22. The van der Waals surface area contributed by atoms with Crippen LogP contribution in [0.2, 0.25) is 0 Å². The highest BCUT2D eigenvalue weighted by Crippen LogP contribution is 2.17. The van der Waals surface area contributed by atoms with Crippen molar-refractivity contribution >= 4 is 16.0 Å². The molecule has 2 heterocycles. The summed E-state index contributed by atoms with van der Waals surface area (Å²) in [5.74, 6) is -0.566. The van der Waals surface area contributed by atoms with Gasteiger partial charge in [-0.2, -0.15) is 9.40 Å². The summed E-state index contributed by atoms with van der Waals surface area (Å²) in [6, 6.07) is 3.37. The third-order valence-electron chi connectivity index (χ3n) is 2.81. The maximum absolute atomic E-state index is 12.5. The molecular weight excluding hydrogens is 298 g/mol. The lowest BCUT2D eigenvalue weighted by molar-refractivity contribution is -0.137. The highest BCUT2D eigenvalue weighted by Gasteiger charge is 2.25. The van der Waals surface area contributed by atoms with Crippen LogP contribution in [0.15, 0.2) is 40.1 Å². The van der Waals surface area contributed by atoms with E-state index in [1.54, 1.807) is 19.1 Å². The van der Waals surface area contributed by atoms with Crippen LogP contribution in [0.25, 0.3) is 0 Å². The van der Waals surface area contributed by atoms with Crippen molar-refractivity contribution in [1.82, 2.24) is 14.1 Å². The number of aromatic nitrogens is 2. The summed E-state index contributed by atoms with van der Waals surface area (Å²) in [5, 5.41) is 12.4. The third-order valence-corrected chi connectivity index (χ3v) is 4.68. The number of carboxylic acid groups (broad SMARTS) is 1. The molecule has 2 aromatic heterocycles. The van der Waals surface area contributed by atoms with Crippen LogP contribution in [0.3, 0.4) is 0 Å². The molecule has 2 aromatic rings. The van der Waals surface area contributed by atoms with Gasteiger partial charge in [0.2, 0.25) is 10.0 Å². The fraction of sp³-hybridized carbons (Fsp3) is 0.333. The molecule has 0 aromatic carbocycles. The topological polar surface area (TPSA) is 106 Å². The Hall–Kier alpha value is -2.13. The molecule has 0 aliphatic carbocycles. The number of carboxylic acids is 1. The normalized spacial score (nSPS) is 11.9. The molecule has 21 heavy (non-hydrogen) atoms. The average molecular weight is 313 g/mol. The van der Waals surface area contributed by atoms with E-state index >= 15 is 0 Å². The van der Waals surface area contributed by atoms with Crippen molar-refractivity contribution in [3.05, 3.63) is 36.5 Å². The first-order valence-electron chi connectivity index (χ1n) is 6.20. The number of sulfonamides is 1. The molecule has 0 fully saturated rings. The molecule has 0 saturated carbocycles. The first-order chi connectivity index (χ1) is 9.93. The van der Waals surface area contributed by atoms with Crippen molar-refractivity contribution in [3.63, 3.8) is 0 Å². The Morgan fingerprint density at radius 2 is 2.29 bits per heavy atom. The van der Waals surface area contributed by atoms with Gasteiger partial charge in [-0.05, 0) is 12.1 Å². The summed E-state index contributed by atoms with van der Waals surface area (Å²) in [6.45, 7) is 1.69. The molecular formula is C12H15N3O5S. The van der Waals surface area contributed by atoms with E-state index in [9.17, 15) is 13.2 Å². The molecule has 0 aliphatic heterocycles. The van der Waals surface area contributed by atoms with Gasteiger partial charge in [0.15, 0.2) is 0 Å². The van der Waals surface area contributed by atoms with Crippen LogP contribution in [0.5, 0.6) is 0 Å². The van der Waals surface area contributed by atoms with Gasteiger partial charge in [-0.15, -0.1) is 0 Å². The number of nitrogens with zero attached hydrogens (tertiary/aromatic N) is 3. The van der Waals surface area contributed by atoms with Gasteiger partial charge in [0.1, 0.15) is 17.2 Å². The number of aliphatic carboxylic acids is 1. The van der Waals surface area contributed by atoms with Gasteiger partial charge < -0.3 is 9.52 Å². The largest absolute Gasteiger partial charge is 0.480 e. The Morgan fingerprint density at radius 1 is 1.52 bits per heavy atom. The lowest BCUT2D eigenvalue weighted by Crippen LogP contribution is -2.30. The van der Waals surface area contributed by atoms with Gasteiger partial charge in [-0.1, -0.05) is 6.92 Å². The van der Waals surface area contributed by atoms with Gasteiger partial charge >= 0.3 is 5.97 Å². The summed E-state index contributed by atoms with van der Waals surface area (Å²) >= 11 is 0. The Bertz CT molecular complexity index is 705. The minimum absolute atomic E-state index is 0.0443. The minimum Gasteiger partial charge on any atom is -0.480 e. The molecule has 0 spiro atoms. The predicted octanol–water partition coefficient (Wildman–Crippen LogP) is 0.771. The highest BCUT2D eigenvalue weighted by atomic mass is 32.2. The average Bonchev–Trinajstić information content (AvgIpc) is 3.06. The molecule has 0 unspecified atom stereocenters. The van der Waals surface area contributed by atoms with Crippen LogP contribution in [-0.2, 0) is 27.9 Å². The van der Waals surface area contributed by atoms with Crippen LogP contribution in [-0.4, -0.2) is 40.1 Å². The zero-order chi connectivity index (χ0) is 15.5. The van der Waals surface area contributed by atoms with Gasteiger partial charge in [0.05, 0.1) is 19.0 Å². The summed E-state index contributed by atoms with van der Waals surface area (Å²) in [5.41, 5.74) is 0. The Labute approximate surface area is 121 Å². The highest BCUT2D eigenvalue weighted by molar-refractivity contribution is 7.89. The number of furan rings is 1. The Kier molecular flexibility index (Phi) is 4.43. The standard InChI is InChI=1S/C12H15N3O5S/c1-2-15(7-10-4-3-5-20-10)21(18,19)11-6-13-14(8-11)9-12(16)17/h3-6,8H,2,7,9H2,1H3,(H,16,17). The van der Waals surface area contributed by atoms with Crippen LogP contribution >= 0.6 is 0 Å². The minimum atomic E-state index is -3.75. The molecule has 1 N–H and O–H groups in total. The van der Waals surface area contributed by atoms with Crippen molar-refractivity contribution in [2.45, 2.75) is 24.9 Å². The molecule has 0 saturated heterocycles. The maximum Gasteiger partial charge on any atom is 0.325 e. The SMILES string of the molecule is CCN(Cc1ccco1)S(=O)(=O)c1cnn(CC(=O)O)c1. The van der Waals surface area contributed by atoms with Gasteiger partial charge in [0, 0.05) is 12.7 Å². The number of rotatable bonds is 7. The summed E-state index contributed by atoms with van der Waals surface area (Å²) in [4.78, 5) is 10.6. The van der Waals surface area contributed by atoms with E-state index in [1.165, 1.54) is 16.8 Å². The predicted molar refractivity (Wildman–Crippen MR) is 71.8 cm³/mol. The van der Waals surface area contributed by atoms with Crippen LogP contribution in [0.1, 0.15) is 12.7 Å². The van der Waals surface area contributed by atoms with Crippen LogP contribution in [0.4, 0.5) is 0 Å². The van der Waals surface area contributed by atoms with Crippen molar-refractivity contribution in [3.8, 4) is 0 Å². The quantitative estimate of drug-likeness (QED) is 0.809. The van der Waals surface area contributed by atoms with E-state index in [1.807, 2.05) is 0 Å². The van der Waals surface area contributed by atoms with E-state index in [0.29, 0.717) is 5.76 Å². The van der Waals surface area contributed by atoms with Crippen molar-refractivity contribution in [1.29, 1.82) is 0 Å². The summed E-state index contributed by atoms with van der Waals surface area (Å²) in [6.07, 6.45) is 3.82. The number of carbonyl (C=O) groups is 1. The van der Waals surface area contributed by atoms with E-state index in [-0.39, 0.29) is 24.5 Å². The van der Waals surface area contributed by atoms with Crippen molar-refractivity contribution < 1.29 is 22.7 Å². The molecule has 0 bridgehead atoms. The first kappa shape index (κ1) is 15.3. The lowest BCUT2D eigenvalue weighted by Gasteiger charge is -2.18. The zero-order valence-corrected chi connectivity index (χ0v) is 12.2. The molecule has 114 valence electrons. The fourth-order valence-corrected chi connectivity index (χ4v) is 3.17. The number of hydrogen-bond acceptors (Lipinski definition) is 5. The van der Waals surface area contributed by atoms with Gasteiger partial charge in [-0.25, -0.2) is 8.42 Å². The number of hydrogen-bond donors (Lipinski definition) is 1. The molecule has 0 aliphatic rings. The van der Waals surface area contributed by atoms with Gasteiger partial charge in [-0.3, -0.25) is 9.48 Å². The lowest BCUT2D eigenvalue weighted by atomic mass is 10.4. The fourth-order valence-electron chi connectivity index (χ4n) is 1.80. The summed E-state index contributed by atoms with van der Waals surface area (Å²) in [7, 11) is -3.75. The smallest absolute Gasteiger partial charge is 0.325 e. The molecule has 0 amide bonds. The second kappa shape index (κ2) is 6.10. The van der Waals surface area contributed by atoms with Gasteiger partial charge in [0.25, 0.3) is 0 Å². The monoisotopic (exact) mass is 313 g/mol. The molecule has 2 rings (SSSR count). The molecule has 8 nitrogen and oxygen atoms in total. The summed E-state index contributed by atoms with van der Waals surface area (Å²) < 4.78 is 32.4. The maximum atomic E-state index is 12.5. The third kappa shape index (κ3) is 3.50. The second-order valence-corrected chi connectivity index (χ2v) is 6.22. The molecule has 0 atom stereocenters. The Morgan fingerprint density at radius 3 is 2.86 bits per heavy atom. The van der Waals surface area contributed by atoms with Crippen LogP contribution in [0, 0.1) is 0 Å². The molecule has 0 radical (unpaired) electrons. The van der Waals surface area contributed by atoms with Crippen LogP contribution < -0.4 is 0 Å². The van der Waals surface area contributed by atoms with Crippen molar-refractivity contribution in [2.75, 3.05) is 6.54 Å². The van der Waals surface area contributed by atoms with Crippen molar-refractivity contribution in [2.24, 2.45) is 0 Å². The molecule has 9 heteroatoms. The second-order valence-electron chi connectivity index (χ2n) is 4.28. The zero-order valence-electron chi connectivity index (χ0n) is 11.3.